The fourth-order valence-electron chi connectivity index (χ4n) is 0.994. The maximum absolute atomic E-state index is 11.4. The van der Waals surface area contributed by atoms with Gasteiger partial charge in [-0.15, -0.1) is 0 Å². The summed E-state index contributed by atoms with van der Waals surface area (Å²) in [5.41, 5.74) is 5.30. The Balaban J connectivity index is 3.70. The van der Waals surface area contributed by atoms with Crippen LogP contribution in [0.2, 0.25) is 0 Å². The Morgan fingerprint density at radius 3 is 2.50 bits per heavy atom. The van der Waals surface area contributed by atoms with Gasteiger partial charge in [-0.25, -0.2) is 0 Å². The summed E-state index contributed by atoms with van der Waals surface area (Å²) in [6, 6.07) is 0. The lowest BCUT2D eigenvalue weighted by atomic mass is 10.2. The normalized spacial score (nSPS) is 9.64. The molecule has 0 bridgehead atoms. The van der Waals surface area contributed by atoms with Crippen LogP contribution >= 0.6 is 0 Å². The maximum Gasteiger partial charge on any atom is 0.239 e. The number of amides is 2. The Bertz CT molecular complexity index is 194. The van der Waals surface area contributed by atoms with E-state index in [1.165, 1.54) is 4.90 Å². The SMILES string of the molecule is CNC(=O)CN(C)C(=O)CCCCN. The first-order valence-electron chi connectivity index (χ1n) is 4.76. The van der Waals surface area contributed by atoms with Crippen LogP contribution in [0.3, 0.4) is 0 Å². The van der Waals surface area contributed by atoms with E-state index in [4.69, 9.17) is 5.73 Å². The third-order valence-electron chi connectivity index (χ3n) is 1.93. The summed E-state index contributed by atoms with van der Waals surface area (Å²) in [5, 5.41) is 2.47. The van der Waals surface area contributed by atoms with Crippen molar-refractivity contribution < 1.29 is 9.59 Å². The summed E-state index contributed by atoms with van der Waals surface area (Å²) >= 11 is 0. The maximum atomic E-state index is 11.4. The van der Waals surface area contributed by atoms with E-state index in [1.54, 1.807) is 14.1 Å². The van der Waals surface area contributed by atoms with Gasteiger partial charge in [0.2, 0.25) is 11.8 Å². The predicted molar refractivity (Wildman–Crippen MR) is 54.6 cm³/mol. The van der Waals surface area contributed by atoms with Gasteiger partial charge in [-0.3, -0.25) is 9.59 Å². The first kappa shape index (κ1) is 12.9. The van der Waals surface area contributed by atoms with Crippen molar-refractivity contribution >= 4 is 11.8 Å². The van der Waals surface area contributed by atoms with Crippen molar-refractivity contribution in [2.45, 2.75) is 19.3 Å². The first-order valence-corrected chi connectivity index (χ1v) is 4.76. The van der Waals surface area contributed by atoms with Gasteiger partial charge in [0.1, 0.15) is 0 Å². The number of hydrogen-bond acceptors (Lipinski definition) is 3. The second-order valence-electron chi connectivity index (χ2n) is 3.17. The van der Waals surface area contributed by atoms with Crippen LogP contribution in [0, 0.1) is 0 Å². The molecule has 0 fully saturated rings. The van der Waals surface area contributed by atoms with E-state index in [9.17, 15) is 9.59 Å². The molecule has 2 amide bonds. The molecule has 5 nitrogen and oxygen atoms in total. The van der Waals surface area contributed by atoms with Gasteiger partial charge in [0, 0.05) is 20.5 Å². The lowest BCUT2D eigenvalue weighted by Crippen LogP contribution is -2.36. The van der Waals surface area contributed by atoms with Gasteiger partial charge in [0.15, 0.2) is 0 Å². The fourth-order valence-corrected chi connectivity index (χ4v) is 0.994. The molecule has 0 saturated carbocycles. The quantitative estimate of drug-likeness (QED) is 0.559. The van der Waals surface area contributed by atoms with Gasteiger partial charge in [0.05, 0.1) is 6.54 Å². The molecule has 0 aromatic rings. The minimum Gasteiger partial charge on any atom is -0.358 e. The number of hydrogen-bond donors (Lipinski definition) is 2. The zero-order valence-electron chi connectivity index (χ0n) is 8.88. The van der Waals surface area contributed by atoms with Crippen LogP contribution in [0.1, 0.15) is 19.3 Å². The Morgan fingerprint density at radius 1 is 1.36 bits per heavy atom. The highest BCUT2D eigenvalue weighted by molar-refractivity contribution is 5.84. The topological polar surface area (TPSA) is 75.4 Å². The minimum atomic E-state index is -0.153. The molecule has 0 spiro atoms. The second kappa shape index (κ2) is 7.32. The molecule has 5 heteroatoms. The van der Waals surface area contributed by atoms with Gasteiger partial charge in [0.25, 0.3) is 0 Å². The van der Waals surface area contributed by atoms with Gasteiger partial charge in [-0.05, 0) is 19.4 Å². The lowest BCUT2D eigenvalue weighted by Gasteiger charge is -2.15. The van der Waals surface area contributed by atoms with Gasteiger partial charge in [-0.1, -0.05) is 0 Å². The standard InChI is InChI=1S/C9H19N3O2/c1-11-8(13)7-12(2)9(14)5-3-4-6-10/h3-7,10H2,1-2H3,(H,11,13). The Kier molecular flexibility index (Phi) is 6.74. The van der Waals surface area contributed by atoms with Crippen LogP contribution in [0.15, 0.2) is 0 Å². The van der Waals surface area contributed by atoms with Crippen LogP contribution in [0.5, 0.6) is 0 Å². The van der Waals surface area contributed by atoms with E-state index in [2.05, 4.69) is 5.32 Å². The van der Waals surface area contributed by atoms with Crippen LogP contribution in [-0.4, -0.2) is 43.9 Å². The summed E-state index contributed by atoms with van der Waals surface area (Å²) in [7, 11) is 3.18. The number of carbonyl (C=O) groups is 2. The molecule has 0 aromatic heterocycles. The molecule has 14 heavy (non-hydrogen) atoms. The molecule has 0 rings (SSSR count). The average Bonchev–Trinajstić information content (AvgIpc) is 2.17. The summed E-state index contributed by atoms with van der Waals surface area (Å²) in [5.74, 6) is -0.165. The largest absolute Gasteiger partial charge is 0.358 e. The van der Waals surface area contributed by atoms with E-state index in [0.717, 1.165) is 12.8 Å². The van der Waals surface area contributed by atoms with E-state index in [0.29, 0.717) is 13.0 Å². The van der Waals surface area contributed by atoms with Crippen LogP contribution in [-0.2, 0) is 9.59 Å². The highest BCUT2D eigenvalue weighted by atomic mass is 16.2. The van der Waals surface area contributed by atoms with E-state index in [-0.39, 0.29) is 18.4 Å². The number of nitrogens with zero attached hydrogens (tertiary/aromatic N) is 1. The predicted octanol–water partition coefficient (Wildman–Crippen LogP) is -0.680. The number of nitrogens with one attached hydrogen (secondary N) is 1. The molecule has 0 saturated heterocycles. The molecule has 0 aliphatic rings. The number of likely N-dealkylation sites (N-methyl/N-ethyl adjacent to an activating group) is 2. The van der Waals surface area contributed by atoms with E-state index >= 15 is 0 Å². The highest BCUT2D eigenvalue weighted by Gasteiger charge is 2.10. The van der Waals surface area contributed by atoms with Crippen molar-refractivity contribution in [3.8, 4) is 0 Å². The summed E-state index contributed by atoms with van der Waals surface area (Å²) in [6.07, 6.45) is 2.09. The van der Waals surface area contributed by atoms with Gasteiger partial charge < -0.3 is 16.0 Å². The molecular formula is C9H19N3O2. The van der Waals surface area contributed by atoms with Crippen LogP contribution in [0.25, 0.3) is 0 Å². The van der Waals surface area contributed by atoms with Crippen molar-refractivity contribution in [2.24, 2.45) is 5.73 Å². The third kappa shape index (κ3) is 5.53. The van der Waals surface area contributed by atoms with Crippen LogP contribution < -0.4 is 11.1 Å². The monoisotopic (exact) mass is 201 g/mol. The highest BCUT2D eigenvalue weighted by Crippen LogP contribution is 1.97. The summed E-state index contributed by atoms with van der Waals surface area (Å²) in [6.45, 7) is 0.727. The van der Waals surface area contributed by atoms with Crippen LogP contribution in [0.4, 0.5) is 0 Å². The summed E-state index contributed by atoms with van der Waals surface area (Å²) in [4.78, 5) is 23.7. The molecule has 0 aliphatic heterocycles. The molecule has 0 atom stereocenters. The Morgan fingerprint density at radius 2 is 2.00 bits per heavy atom. The Hall–Kier alpha value is -1.10. The van der Waals surface area contributed by atoms with Crippen molar-refractivity contribution in [1.29, 1.82) is 0 Å². The second-order valence-corrected chi connectivity index (χ2v) is 3.17. The average molecular weight is 201 g/mol. The number of unbranched alkanes of at least 4 members (excludes halogenated alkanes) is 1. The Labute approximate surface area is 84.6 Å². The number of rotatable bonds is 6. The molecule has 3 N–H and O–H groups in total. The molecule has 0 unspecified atom stereocenters. The smallest absolute Gasteiger partial charge is 0.239 e. The molecule has 0 heterocycles. The zero-order chi connectivity index (χ0) is 11.0. The molecule has 0 aromatic carbocycles. The van der Waals surface area contributed by atoms with Crippen molar-refractivity contribution in [3.63, 3.8) is 0 Å². The first-order chi connectivity index (χ1) is 6.61. The van der Waals surface area contributed by atoms with Crippen molar-refractivity contribution in [3.05, 3.63) is 0 Å². The summed E-state index contributed by atoms with van der Waals surface area (Å²) < 4.78 is 0. The van der Waals surface area contributed by atoms with Crippen molar-refractivity contribution in [1.82, 2.24) is 10.2 Å². The molecule has 82 valence electrons. The lowest BCUT2D eigenvalue weighted by molar-refractivity contribution is -0.134. The zero-order valence-corrected chi connectivity index (χ0v) is 8.88. The van der Waals surface area contributed by atoms with E-state index in [1.807, 2.05) is 0 Å². The number of nitrogens with two attached hydrogens (primary N) is 1. The third-order valence-corrected chi connectivity index (χ3v) is 1.93. The minimum absolute atomic E-state index is 0.0120. The molecular weight excluding hydrogens is 182 g/mol. The van der Waals surface area contributed by atoms with Gasteiger partial charge >= 0.3 is 0 Å². The van der Waals surface area contributed by atoms with Crippen molar-refractivity contribution in [2.75, 3.05) is 27.2 Å². The van der Waals surface area contributed by atoms with E-state index < -0.39 is 0 Å². The molecule has 0 aliphatic carbocycles. The number of carbonyl (C=O) groups excluding carboxylic acids is 2. The molecule has 0 radical (unpaired) electrons. The van der Waals surface area contributed by atoms with Gasteiger partial charge in [-0.2, -0.15) is 0 Å². The fraction of sp³-hybridized carbons (Fsp3) is 0.778.